The summed E-state index contributed by atoms with van der Waals surface area (Å²) in [5.41, 5.74) is 4.06. The van der Waals surface area contributed by atoms with Crippen molar-refractivity contribution in [1.82, 2.24) is 0 Å². The van der Waals surface area contributed by atoms with Gasteiger partial charge in [0.15, 0.2) is 0 Å². The zero-order valence-electron chi connectivity index (χ0n) is 11.2. The summed E-state index contributed by atoms with van der Waals surface area (Å²) in [6.07, 6.45) is 0. The SMILES string of the molecule is Cc1cc[se]c1-c1ccc(C(=O)c2ccccc2)cc1. The third-order valence-electron chi connectivity index (χ3n) is 3.31. The zero-order chi connectivity index (χ0) is 13.9. The molecular weight excluding hydrogens is 311 g/mol. The topological polar surface area (TPSA) is 17.1 Å². The van der Waals surface area contributed by atoms with Crippen molar-refractivity contribution in [2.75, 3.05) is 0 Å². The molecule has 3 aromatic rings. The Morgan fingerprint density at radius 2 is 1.50 bits per heavy atom. The van der Waals surface area contributed by atoms with Gasteiger partial charge < -0.3 is 0 Å². The maximum absolute atomic E-state index is 12.3. The number of rotatable bonds is 3. The summed E-state index contributed by atoms with van der Waals surface area (Å²) in [4.78, 5) is 14.6. The van der Waals surface area contributed by atoms with Gasteiger partial charge in [0, 0.05) is 0 Å². The fourth-order valence-corrected chi connectivity index (χ4v) is 4.16. The number of aryl methyl sites for hydroxylation is 1. The molecule has 0 unspecified atom stereocenters. The van der Waals surface area contributed by atoms with Crippen LogP contribution in [-0.2, 0) is 0 Å². The van der Waals surface area contributed by atoms with Crippen molar-refractivity contribution in [1.29, 1.82) is 0 Å². The third-order valence-corrected chi connectivity index (χ3v) is 5.54. The van der Waals surface area contributed by atoms with Crippen molar-refractivity contribution in [3.8, 4) is 10.0 Å². The summed E-state index contributed by atoms with van der Waals surface area (Å²) in [7, 11) is 0. The molecule has 20 heavy (non-hydrogen) atoms. The Balaban J connectivity index is 1.91. The number of benzene rings is 2. The molecule has 1 heterocycles. The van der Waals surface area contributed by atoms with E-state index in [1.54, 1.807) is 0 Å². The van der Waals surface area contributed by atoms with Gasteiger partial charge in [0.1, 0.15) is 0 Å². The first-order valence-electron chi connectivity index (χ1n) is 6.50. The molecule has 0 aliphatic rings. The number of hydrogen-bond donors (Lipinski definition) is 0. The number of carbonyl (C=O) groups excluding carboxylic acids is 1. The zero-order valence-corrected chi connectivity index (χ0v) is 12.9. The monoisotopic (exact) mass is 326 g/mol. The van der Waals surface area contributed by atoms with Crippen LogP contribution in [-0.4, -0.2) is 20.3 Å². The van der Waals surface area contributed by atoms with Gasteiger partial charge in [-0.1, -0.05) is 0 Å². The first-order chi connectivity index (χ1) is 9.75. The van der Waals surface area contributed by atoms with Crippen LogP contribution >= 0.6 is 0 Å². The average molecular weight is 325 g/mol. The molecule has 0 saturated carbocycles. The second kappa shape index (κ2) is 5.62. The normalized spacial score (nSPS) is 10.4. The summed E-state index contributed by atoms with van der Waals surface area (Å²) in [5, 5.41) is 0. The van der Waals surface area contributed by atoms with Gasteiger partial charge in [-0.05, 0) is 0 Å². The maximum atomic E-state index is 12.3. The second-order valence-electron chi connectivity index (χ2n) is 4.71. The van der Waals surface area contributed by atoms with E-state index in [0.717, 1.165) is 11.1 Å². The fourth-order valence-electron chi connectivity index (χ4n) is 2.20. The van der Waals surface area contributed by atoms with Crippen LogP contribution in [0.15, 0.2) is 65.6 Å². The molecule has 0 radical (unpaired) electrons. The summed E-state index contributed by atoms with van der Waals surface area (Å²) < 4.78 is 1.41. The van der Waals surface area contributed by atoms with Crippen LogP contribution in [0.3, 0.4) is 0 Å². The molecule has 1 aromatic heterocycles. The standard InChI is InChI=1S/C18H14OSe/c1-13-11-12-20-18(13)16-9-7-15(8-10-16)17(19)14-5-3-2-4-6-14/h2-12H,1H3. The van der Waals surface area contributed by atoms with Crippen molar-refractivity contribution < 1.29 is 4.79 Å². The van der Waals surface area contributed by atoms with Crippen molar-refractivity contribution >= 4 is 20.3 Å². The Hall–Kier alpha value is -1.89. The molecule has 2 aromatic carbocycles. The van der Waals surface area contributed by atoms with Crippen LogP contribution in [0.25, 0.3) is 10.0 Å². The van der Waals surface area contributed by atoms with Gasteiger partial charge in [0.25, 0.3) is 0 Å². The first kappa shape index (κ1) is 13.1. The molecule has 2 heteroatoms. The predicted molar refractivity (Wildman–Crippen MR) is 83.4 cm³/mol. The van der Waals surface area contributed by atoms with Crippen LogP contribution in [0, 0.1) is 6.92 Å². The molecular formula is C18H14OSe. The summed E-state index contributed by atoms with van der Waals surface area (Å²) in [6, 6.07) is 19.6. The minimum atomic E-state index is 0.0814. The van der Waals surface area contributed by atoms with E-state index < -0.39 is 0 Å². The van der Waals surface area contributed by atoms with Crippen molar-refractivity contribution in [3.63, 3.8) is 0 Å². The fraction of sp³-hybridized carbons (Fsp3) is 0.0556. The van der Waals surface area contributed by atoms with Crippen LogP contribution in [0.4, 0.5) is 0 Å². The predicted octanol–water partition coefficient (Wildman–Crippen LogP) is 3.95. The number of carbonyl (C=O) groups is 1. The van der Waals surface area contributed by atoms with Crippen molar-refractivity contribution in [2.45, 2.75) is 6.92 Å². The van der Waals surface area contributed by atoms with Gasteiger partial charge in [-0.25, -0.2) is 0 Å². The molecule has 0 aliphatic heterocycles. The van der Waals surface area contributed by atoms with E-state index >= 15 is 0 Å². The van der Waals surface area contributed by atoms with E-state index in [9.17, 15) is 4.79 Å². The van der Waals surface area contributed by atoms with Gasteiger partial charge in [-0.2, -0.15) is 0 Å². The van der Waals surface area contributed by atoms with Gasteiger partial charge in [0.05, 0.1) is 0 Å². The number of hydrogen-bond acceptors (Lipinski definition) is 1. The van der Waals surface area contributed by atoms with Crippen LogP contribution < -0.4 is 0 Å². The summed E-state index contributed by atoms with van der Waals surface area (Å²) in [5.74, 6) is 0.0814. The van der Waals surface area contributed by atoms with Gasteiger partial charge in [-0.15, -0.1) is 0 Å². The van der Waals surface area contributed by atoms with Crippen molar-refractivity contribution in [2.24, 2.45) is 0 Å². The van der Waals surface area contributed by atoms with E-state index in [2.05, 4.69) is 30.1 Å². The molecule has 0 amide bonds. The first-order valence-corrected chi connectivity index (χ1v) is 8.34. The molecule has 0 N–H and O–H groups in total. The quantitative estimate of drug-likeness (QED) is 0.526. The van der Waals surface area contributed by atoms with Crippen molar-refractivity contribution in [3.05, 3.63) is 82.3 Å². The summed E-state index contributed by atoms with van der Waals surface area (Å²) >= 11 is 0.426. The second-order valence-corrected chi connectivity index (χ2v) is 6.63. The Bertz CT molecular complexity index is 724. The van der Waals surface area contributed by atoms with E-state index in [-0.39, 0.29) is 5.78 Å². The molecule has 1 nitrogen and oxygen atoms in total. The number of ketones is 1. The Labute approximate surface area is 124 Å². The van der Waals surface area contributed by atoms with E-state index in [4.69, 9.17) is 0 Å². The van der Waals surface area contributed by atoms with Crippen LogP contribution in [0.5, 0.6) is 0 Å². The molecule has 0 spiro atoms. The van der Waals surface area contributed by atoms with Gasteiger partial charge in [0.2, 0.25) is 0 Å². The summed E-state index contributed by atoms with van der Waals surface area (Å²) in [6.45, 7) is 2.14. The molecule has 98 valence electrons. The molecule has 0 bridgehead atoms. The molecule has 0 atom stereocenters. The minimum absolute atomic E-state index is 0.0814. The van der Waals surface area contributed by atoms with E-state index in [1.165, 1.54) is 15.6 Å². The molecule has 3 rings (SSSR count). The van der Waals surface area contributed by atoms with E-state index in [0.29, 0.717) is 14.5 Å². The Morgan fingerprint density at radius 3 is 2.10 bits per heavy atom. The van der Waals surface area contributed by atoms with Gasteiger partial charge >= 0.3 is 124 Å². The van der Waals surface area contributed by atoms with E-state index in [1.807, 2.05) is 42.5 Å². The third kappa shape index (κ3) is 2.53. The molecule has 0 fully saturated rings. The molecule has 0 saturated heterocycles. The van der Waals surface area contributed by atoms with Crippen LogP contribution in [0.1, 0.15) is 21.5 Å². The average Bonchev–Trinajstić information content (AvgIpc) is 2.94. The molecule has 0 aliphatic carbocycles. The van der Waals surface area contributed by atoms with Crippen LogP contribution in [0.2, 0.25) is 0 Å². The Kier molecular flexibility index (Phi) is 3.68. The van der Waals surface area contributed by atoms with Gasteiger partial charge in [-0.3, -0.25) is 0 Å². The Morgan fingerprint density at radius 1 is 0.850 bits per heavy atom.